The molecule has 16 heteroatoms. The van der Waals surface area contributed by atoms with Crippen molar-refractivity contribution in [2.24, 2.45) is 5.73 Å². The van der Waals surface area contributed by atoms with Crippen molar-refractivity contribution in [3.05, 3.63) is 29.3 Å². The van der Waals surface area contributed by atoms with Crippen LogP contribution in [-0.4, -0.2) is 87.3 Å². The third kappa shape index (κ3) is 9.12. The van der Waals surface area contributed by atoms with Gasteiger partial charge in [-0.2, -0.15) is 8.42 Å². The molecule has 1 aliphatic heterocycles. The molecule has 14 nitrogen and oxygen atoms in total. The number of hydrogen-bond acceptors (Lipinski definition) is 9. The molecule has 2 aromatic rings. The van der Waals surface area contributed by atoms with Crippen LogP contribution in [0.3, 0.4) is 0 Å². The highest BCUT2D eigenvalue weighted by Gasteiger charge is 2.39. The van der Waals surface area contributed by atoms with Crippen molar-refractivity contribution >= 4 is 55.5 Å². The van der Waals surface area contributed by atoms with Gasteiger partial charge in [-0.3, -0.25) is 28.9 Å². The summed E-state index contributed by atoms with van der Waals surface area (Å²) in [6.07, 6.45) is 0.123. The lowest BCUT2D eigenvalue weighted by Crippen LogP contribution is -2.50. The van der Waals surface area contributed by atoms with Crippen molar-refractivity contribution in [3.63, 3.8) is 0 Å². The highest BCUT2D eigenvalue weighted by Crippen LogP contribution is 2.24. The van der Waals surface area contributed by atoms with Crippen molar-refractivity contribution < 1.29 is 37.0 Å². The highest BCUT2D eigenvalue weighted by atomic mass is 32.3. The van der Waals surface area contributed by atoms with E-state index in [1.165, 1.54) is 23.2 Å². The molecule has 0 saturated carbocycles. The lowest BCUT2D eigenvalue weighted by Gasteiger charge is -2.24. The highest BCUT2D eigenvalue weighted by molar-refractivity contribution is 7.79. The summed E-state index contributed by atoms with van der Waals surface area (Å²) in [5.74, 6) is -1.28. The third-order valence-corrected chi connectivity index (χ3v) is 6.16. The van der Waals surface area contributed by atoms with Crippen LogP contribution < -0.4 is 16.4 Å². The van der Waals surface area contributed by atoms with Crippen LogP contribution in [0.2, 0.25) is 0 Å². The van der Waals surface area contributed by atoms with Gasteiger partial charge in [0.15, 0.2) is 11.0 Å². The van der Waals surface area contributed by atoms with Gasteiger partial charge >= 0.3 is 10.4 Å². The molecule has 0 radical (unpaired) electrons. The number of aliphatic hydroxyl groups is 1. The number of carbonyl (C=O) groups is 3. The third-order valence-electron chi connectivity index (χ3n) is 5.11. The van der Waals surface area contributed by atoms with E-state index >= 15 is 0 Å². The summed E-state index contributed by atoms with van der Waals surface area (Å²) in [6, 6.07) is 5.71. The number of fused-ring (bicyclic) bond motifs is 1. The van der Waals surface area contributed by atoms with E-state index in [2.05, 4.69) is 15.6 Å². The fourth-order valence-corrected chi connectivity index (χ4v) is 4.56. The maximum absolute atomic E-state index is 13.2. The summed E-state index contributed by atoms with van der Waals surface area (Å²) in [4.78, 5) is 43.6. The van der Waals surface area contributed by atoms with E-state index in [-0.39, 0.29) is 30.6 Å². The SMILES string of the molecule is CC(=O)N1C[C@H](O)C[C@H]1C(=O)N[C@@H](CCCNC(=N)N)C(=O)c1nc2ccccc2s1.O=S(=O)(O)O. The molecular weight excluding hydrogens is 516 g/mol. The molecule has 198 valence electrons. The van der Waals surface area contributed by atoms with Crippen LogP contribution in [0.1, 0.15) is 36.0 Å². The number of likely N-dealkylation sites (tertiary alicyclic amines) is 1. The maximum atomic E-state index is 13.2. The number of carbonyl (C=O) groups excluding carboxylic acids is 3. The minimum absolute atomic E-state index is 0.0897. The van der Waals surface area contributed by atoms with Gasteiger partial charge in [0.05, 0.1) is 22.4 Å². The van der Waals surface area contributed by atoms with Crippen LogP contribution >= 0.6 is 11.3 Å². The molecule has 36 heavy (non-hydrogen) atoms. The van der Waals surface area contributed by atoms with Crippen molar-refractivity contribution in [2.75, 3.05) is 13.1 Å². The van der Waals surface area contributed by atoms with Gasteiger partial charge < -0.3 is 26.4 Å². The second-order valence-electron chi connectivity index (χ2n) is 7.92. The first-order valence-electron chi connectivity index (χ1n) is 10.7. The number of ketones is 1. The number of β-amino-alcohol motifs (C(OH)–C–C–N with tert-alkyl or cyclic N) is 1. The monoisotopic (exact) mass is 544 g/mol. The van der Waals surface area contributed by atoms with Gasteiger partial charge in [-0.1, -0.05) is 12.1 Å². The fourth-order valence-electron chi connectivity index (χ4n) is 3.60. The molecule has 1 aliphatic rings. The maximum Gasteiger partial charge on any atom is 0.394 e. The van der Waals surface area contributed by atoms with Crippen LogP contribution in [0.25, 0.3) is 10.2 Å². The first-order chi connectivity index (χ1) is 16.8. The van der Waals surface area contributed by atoms with Crippen LogP contribution in [-0.2, 0) is 20.0 Å². The van der Waals surface area contributed by atoms with E-state index in [1.807, 2.05) is 24.3 Å². The van der Waals surface area contributed by atoms with E-state index in [9.17, 15) is 19.5 Å². The van der Waals surface area contributed by atoms with Crippen molar-refractivity contribution in [1.29, 1.82) is 5.41 Å². The summed E-state index contributed by atoms with van der Waals surface area (Å²) < 4.78 is 32.5. The first-order valence-corrected chi connectivity index (χ1v) is 12.9. The quantitative estimate of drug-likeness (QED) is 0.0739. The van der Waals surface area contributed by atoms with Crippen LogP contribution in [0.15, 0.2) is 24.3 Å². The summed E-state index contributed by atoms with van der Waals surface area (Å²) in [6.45, 7) is 1.80. The second-order valence-corrected chi connectivity index (χ2v) is 9.85. The van der Waals surface area contributed by atoms with Gasteiger partial charge in [-0.05, 0) is 25.0 Å². The zero-order valence-electron chi connectivity index (χ0n) is 19.2. The molecule has 0 unspecified atom stereocenters. The zero-order chi connectivity index (χ0) is 27.0. The van der Waals surface area contributed by atoms with Gasteiger partial charge in [0.2, 0.25) is 17.6 Å². The molecule has 8 N–H and O–H groups in total. The molecule has 2 amide bonds. The zero-order valence-corrected chi connectivity index (χ0v) is 20.9. The normalized spacial score (nSPS) is 18.2. The summed E-state index contributed by atoms with van der Waals surface area (Å²) >= 11 is 1.26. The Labute approximate surface area is 211 Å². The Balaban J connectivity index is 0.000000830. The number of nitrogens with one attached hydrogen (secondary N) is 3. The van der Waals surface area contributed by atoms with E-state index in [1.54, 1.807) is 0 Å². The number of benzene rings is 1. The van der Waals surface area contributed by atoms with Crippen molar-refractivity contribution in [1.82, 2.24) is 20.5 Å². The summed E-state index contributed by atoms with van der Waals surface area (Å²) in [5.41, 5.74) is 6.00. The molecule has 1 saturated heterocycles. The minimum Gasteiger partial charge on any atom is -0.391 e. The molecular formula is C20H28N6O8S2. The number of nitrogens with zero attached hydrogens (tertiary/aromatic N) is 2. The number of aliphatic hydroxyl groups excluding tert-OH is 1. The molecule has 0 spiro atoms. The van der Waals surface area contributed by atoms with Crippen LogP contribution in [0.5, 0.6) is 0 Å². The number of guanidine groups is 1. The van der Waals surface area contributed by atoms with Gasteiger partial charge in [0, 0.05) is 26.4 Å². The number of hydrogen-bond donors (Lipinski definition) is 7. The number of para-hydroxylation sites is 1. The summed E-state index contributed by atoms with van der Waals surface area (Å²) in [5, 5.41) is 22.9. The molecule has 1 aromatic heterocycles. The van der Waals surface area contributed by atoms with E-state index in [4.69, 9.17) is 28.7 Å². The molecule has 0 aliphatic carbocycles. The Kier molecular flexibility index (Phi) is 10.2. The first kappa shape index (κ1) is 29.1. The number of Topliss-reactive ketones (excluding diaryl/α,β-unsaturated/α-hetero) is 1. The average Bonchev–Trinajstić information content (AvgIpc) is 3.37. The van der Waals surface area contributed by atoms with Gasteiger partial charge in [-0.25, -0.2) is 4.98 Å². The Morgan fingerprint density at radius 2 is 1.94 bits per heavy atom. The van der Waals surface area contributed by atoms with E-state index in [0.717, 1.165) is 4.70 Å². The molecule has 2 heterocycles. The topological polar surface area (TPSA) is 236 Å². The predicted octanol–water partition coefficient (Wildman–Crippen LogP) is -0.444. The number of aromatic nitrogens is 1. The molecule has 3 rings (SSSR count). The van der Waals surface area contributed by atoms with Crippen LogP contribution in [0.4, 0.5) is 0 Å². The number of thiazole rings is 1. The van der Waals surface area contributed by atoms with Gasteiger partial charge in [0.25, 0.3) is 0 Å². The van der Waals surface area contributed by atoms with Gasteiger partial charge in [-0.15, -0.1) is 11.3 Å². The van der Waals surface area contributed by atoms with Crippen molar-refractivity contribution in [2.45, 2.75) is 44.4 Å². The molecule has 1 fully saturated rings. The average molecular weight is 545 g/mol. The smallest absolute Gasteiger partial charge is 0.391 e. The lowest BCUT2D eigenvalue weighted by molar-refractivity contribution is -0.137. The Hall–Kier alpha value is -3.18. The number of nitrogens with two attached hydrogens (primary N) is 1. The second kappa shape index (κ2) is 12.7. The Bertz CT molecular complexity index is 1180. The molecule has 1 aromatic carbocycles. The minimum atomic E-state index is -4.67. The van der Waals surface area contributed by atoms with Crippen LogP contribution in [0, 0.1) is 5.41 Å². The van der Waals surface area contributed by atoms with Gasteiger partial charge in [0.1, 0.15) is 6.04 Å². The van der Waals surface area contributed by atoms with E-state index in [0.29, 0.717) is 29.9 Å². The molecule has 0 bridgehead atoms. The number of amides is 2. The van der Waals surface area contributed by atoms with E-state index < -0.39 is 34.5 Å². The fraction of sp³-hybridized carbons (Fsp3) is 0.450. The largest absolute Gasteiger partial charge is 0.394 e. The number of rotatable bonds is 8. The Morgan fingerprint density at radius 1 is 1.31 bits per heavy atom. The summed E-state index contributed by atoms with van der Waals surface area (Å²) in [7, 11) is -4.67. The standard InChI is InChI=1S/C20H26N6O4S.H2O4S/c1-11(27)26-10-12(28)9-15(26)18(30)24-14(6-4-8-23-20(21)22)17(29)19-25-13-5-2-3-7-16(13)31-19;1-5(2,3)4/h2-3,5,7,12,14-15,28H,4,6,8-10H2,1H3,(H,24,30)(H4,21,22,23);(H2,1,2,3,4)/t12-,14+,15+;/m1./s1. The van der Waals surface area contributed by atoms with Crippen molar-refractivity contribution in [3.8, 4) is 0 Å². The molecule has 3 atom stereocenters. The Morgan fingerprint density at radius 3 is 2.53 bits per heavy atom. The lowest BCUT2D eigenvalue weighted by atomic mass is 10.1. The predicted molar refractivity (Wildman–Crippen MR) is 131 cm³/mol.